The summed E-state index contributed by atoms with van der Waals surface area (Å²) in [5, 5.41) is 7.28. The van der Waals surface area contributed by atoms with E-state index in [1.807, 2.05) is 38.4 Å². The van der Waals surface area contributed by atoms with Gasteiger partial charge in [-0.25, -0.2) is 14.3 Å². The van der Waals surface area contributed by atoms with Crippen LogP contribution in [0.15, 0.2) is 42.6 Å². The van der Waals surface area contributed by atoms with Gasteiger partial charge in [0.15, 0.2) is 5.65 Å². The molecule has 4 rings (SSSR count). The van der Waals surface area contributed by atoms with Gasteiger partial charge in [-0.1, -0.05) is 24.3 Å². The fourth-order valence-electron chi connectivity index (χ4n) is 3.59. The van der Waals surface area contributed by atoms with Gasteiger partial charge < -0.3 is 10.2 Å². The highest BCUT2D eigenvalue weighted by atomic mass is 16.2. The zero-order valence-corrected chi connectivity index (χ0v) is 14.4. The average molecular weight is 335 g/mol. The zero-order valence-electron chi connectivity index (χ0n) is 14.4. The van der Waals surface area contributed by atoms with Gasteiger partial charge in [0.2, 0.25) is 0 Å². The highest BCUT2D eigenvalue weighted by Gasteiger charge is 2.26. The number of aryl methyl sites for hydroxylation is 2. The second-order valence-electron chi connectivity index (χ2n) is 6.50. The molecule has 0 saturated carbocycles. The number of anilines is 1. The van der Waals surface area contributed by atoms with E-state index in [2.05, 4.69) is 33.6 Å². The van der Waals surface area contributed by atoms with Crippen molar-refractivity contribution in [1.82, 2.24) is 19.5 Å². The highest BCUT2D eigenvalue weighted by Crippen LogP contribution is 2.33. The molecule has 25 heavy (non-hydrogen) atoms. The maximum absolute atomic E-state index is 12.8. The van der Waals surface area contributed by atoms with Crippen molar-refractivity contribution < 1.29 is 4.79 Å². The molecule has 6 nitrogen and oxygen atoms in total. The van der Waals surface area contributed by atoms with E-state index in [0.29, 0.717) is 17.2 Å². The fourth-order valence-corrected chi connectivity index (χ4v) is 3.59. The van der Waals surface area contributed by atoms with Crippen molar-refractivity contribution in [3.8, 4) is 0 Å². The van der Waals surface area contributed by atoms with Crippen molar-refractivity contribution in [2.24, 2.45) is 0 Å². The molecule has 6 heteroatoms. The Labute approximate surface area is 146 Å². The molecule has 0 fully saturated rings. The van der Waals surface area contributed by atoms with E-state index in [4.69, 9.17) is 0 Å². The van der Waals surface area contributed by atoms with E-state index < -0.39 is 0 Å². The fraction of sp³-hybridized carbons (Fsp3) is 0.316. The second-order valence-corrected chi connectivity index (χ2v) is 6.50. The number of rotatable bonds is 2. The second kappa shape index (κ2) is 6.20. The normalized spacial score (nSPS) is 16.5. The summed E-state index contributed by atoms with van der Waals surface area (Å²) in [4.78, 5) is 19.0. The average Bonchev–Trinajstić information content (AvgIpc) is 3.02. The minimum atomic E-state index is -0.129. The molecule has 0 radical (unpaired) electrons. The summed E-state index contributed by atoms with van der Waals surface area (Å²) < 4.78 is 1.68. The number of benzene rings is 1. The Kier molecular flexibility index (Phi) is 3.87. The van der Waals surface area contributed by atoms with Gasteiger partial charge in [-0.2, -0.15) is 5.10 Å². The van der Waals surface area contributed by atoms with E-state index in [-0.39, 0.29) is 12.1 Å². The Bertz CT molecular complexity index is 932. The standard InChI is InChI=1S/C19H21N5O/c1-13-20-18-16(10-6-12-24(18)22-13)21-19(25)23(2)17-11-5-8-14-7-3-4-9-15(14)17/h3-4,6-7,9-10,12,17H,5,8,11H2,1-2H3,(H,21,25)/t17-/m1/s1. The van der Waals surface area contributed by atoms with Crippen molar-refractivity contribution in [2.45, 2.75) is 32.2 Å². The molecular formula is C19H21N5O. The molecular weight excluding hydrogens is 314 g/mol. The first-order valence-corrected chi connectivity index (χ1v) is 8.57. The van der Waals surface area contributed by atoms with Crippen molar-refractivity contribution in [3.63, 3.8) is 0 Å². The van der Waals surface area contributed by atoms with Gasteiger partial charge in [-0.15, -0.1) is 0 Å². The maximum Gasteiger partial charge on any atom is 0.322 e. The number of pyridine rings is 1. The number of aromatic nitrogens is 3. The summed E-state index contributed by atoms with van der Waals surface area (Å²) in [5.74, 6) is 0.677. The summed E-state index contributed by atoms with van der Waals surface area (Å²) in [6, 6.07) is 12.1. The summed E-state index contributed by atoms with van der Waals surface area (Å²) in [5.41, 5.74) is 3.92. The van der Waals surface area contributed by atoms with Crippen molar-refractivity contribution in [3.05, 3.63) is 59.5 Å². The lowest BCUT2D eigenvalue weighted by Crippen LogP contribution is -2.36. The zero-order chi connectivity index (χ0) is 17.4. The van der Waals surface area contributed by atoms with Crippen LogP contribution in [0.1, 0.15) is 35.8 Å². The molecule has 2 amide bonds. The minimum absolute atomic E-state index is 0.101. The van der Waals surface area contributed by atoms with Crippen molar-refractivity contribution in [2.75, 3.05) is 12.4 Å². The van der Waals surface area contributed by atoms with Crippen LogP contribution in [0.2, 0.25) is 0 Å². The van der Waals surface area contributed by atoms with Crippen molar-refractivity contribution in [1.29, 1.82) is 0 Å². The molecule has 3 aromatic rings. The number of nitrogens with zero attached hydrogens (tertiary/aromatic N) is 4. The van der Waals surface area contributed by atoms with Gasteiger partial charge in [0.25, 0.3) is 0 Å². The van der Waals surface area contributed by atoms with E-state index in [9.17, 15) is 4.79 Å². The van der Waals surface area contributed by atoms with Crippen molar-refractivity contribution >= 4 is 17.4 Å². The Morgan fingerprint density at radius 2 is 2.12 bits per heavy atom. The van der Waals surface area contributed by atoms with Crippen LogP contribution < -0.4 is 5.32 Å². The molecule has 0 unspecified atom stereocenters. The highest BCUT2D eigenvalue weighted by molar-refractivity contribution is 5.93. The summed E-state index contributed by atoms with van der Waals surface area (Å²) in [7, 11) is 1.86. The Morgan fingerprint density at radius 3 is 3.00 bits per heavy atom. The van der Waals surface area contributed by atoms with Crippen LogP contribution in [-0.4, -0.2) is 32.6 Å². The third-order valence-electron chi connectivity index (χ3n) is 4.84. The van der Waals surface area contributed by atoms with E-state index in [1.54, 1.807) is 9.42 Å². The molecule has 1 aliphatic carbocycles. The van der Waals surface area contributed by atoms with Gasteiger partial charge in [0.05, 0.1) is 11.7 Å². The number of fused-ring (bicyclic) bond motifs is 2. The van der Waals surface area contributed by atoms with E-state index in [0.717, 1.165) is 19.3 Å². The Hall–Kier alpha value is -2.89. The molecule has 0 saturated heterocycles. The van der Waals surface area contributed by atoms with Crippen LogP contribution in [0, 0.1) is 6.92 Å². The Morgan fingerprint density at radius 1 is 1.28 bits per heavy atom. The number of carbonyl (C=O) groups is 1. The van der Waals surface area contributed by atoms with Crippen LogP contribution in [0.3, 0.4) is 0 Å². The predicted molar refractivity (Wildman–Crippen MR) is 96.6 cm³/mol. The third-order valence-corrected chi connectivity index (χ3v) is 4.84. The first-order valence-electron chi connectivity index (χ1n) is 8.57. The molecule has 0 aliphatic heterocycles. The number of amides is 2. The van der Waals surface area contributed by atoms with Gasteiger partial charge in [0.1, 0.15) is 5.82 Å². The molecule has 2 heterocycles. The number of nitrogens with one attached hydrogen (secondary N) is 1. The SMILES string of the molecule is Cc1nc2c(NC(=O)N(C)[C@@H]3CCCc4ccccc43)cccn2n1. The van der Waals surface area contributed by atoms with Gasteiger partial charge >= 0.3 is 6.03 Å². The third kappa shape index (κ3) is 2.84. The lowest BCUT2D eigenvalue weighted by Gasteiger charge is -2.33. The monoisotopic (exact) mass is 335 g/mol. The van der Waals surface area contributed by atoms with Gasteiger partial charge in [-0.3, -0.25) is 0 Å². The van der Waals surface area contributed by atoms with Crippen LogP contribution in [0.5, 0.6) is 0 Å². The summed E-state index contributed by atoms with van der Waals surface area (Å²) in [6.07, 6.45) is 4.99. The number of hydrogen-bond donors (Lipinski definition) is 1. The molecule has 1 N–H and O–H groups in total. The predicted octanol–water partition coefficient (Wildman–Crippen LogP) is 3.58. The molecule has 0 bridgehead atoms. The molecule has 1 aliphatic rings. The number of carbonyl (C=O) groups excluding carboxylic acids is 1. The molecule has 128 valence electrons. The molecule has 2 aromatic heterocycles. The topological polar surface area (TPSA) is 62.5 Å². The van der Waals surface area contributed by atoms with Gasteiger partial charge in [0, 0.05) is 13.2 Å². The van der Waals surface area contributed by atoms with Crippen LogP contribution in [0.4, 0.5) is 10.5 Å². The molecule has 1 aromatic carbocycles. The lowest BCUT2D eigenvalue weighted by molar-refractivity contribution is 0.197. The van der Waals surface area contributed by atoms with Crippen LogP contribution in [-0.2, 0) is 6.42 Å². The van der Waals surface area contributed by atoms with Crippen LogP contribution in [0.25, 0.3) is 5.65 Å². The van der Waals surface area contributed by atoms with Gasteiger partial charge in [-0.05, 0) is 49.4 Å². The molecule has 1 atom stereocenters. The number of hydrogen-bond acceptors (Lipinski definition) is 3. The maximum atomic E-state index is 12.8. The Balaban J connectivity index is 1.59. The lowest BCUT2D eigenvalue weighted by atomic mass is 9.87. The smallest absolute Gasteiger partial charge is 0.321 e. The molecule has 0 spiro atoms. The first kappa shape index (κ1) is 15.6. The summed E-state index contributed by atoms with van der Waals surface area (Å²) in [6.45, 7) is 1.84. The quantitative estimate of drug-likeness (QED) is 0.778. The first-order chi connectivity index (χ1) is 12.1. The van der Waals surface area contributed by atoms with E-state index in [1.165, 1.54) is 11.1 Å². The van der Waals surface area contributed by atoms with Crippen LogP contribution >= 0.6 is 0 Å². The minimum Gasteiger partial charge on any atom is -0.321 e. The largest absolute Gasteiger partial charge is 0.322 e. The van der Waals surface area contributed by atoms with E-state index >= 15 is 0 Å². The summed E-state index contributed by atoms with van der Waals surface area (Å²) >= 11 is 0. The number of urea groups is 1.